The van der Waals surface area contributed by atoms with E-state index >= 15 is 0 Å². The van der Waals surface area contributed by atoms with Crippen LogP contribution < -0.4 is 20.1 Å². The second-order valence-electron chi connectivity index (χ2n) is 4.80. The minimum absolute atomic E-state index is 0.139. The molecular weight excluding hydrogens is 284 g/mol. The van der Waals surface area contributed by atoms with Crippen molar-refractivity contribution in [1.29, 1.82) is 0 Å². The summed E-state index contributed by atoms with van der Waals surface area (Å²) in [6.45, 7) is 2.34. The molecule has 2 aromatic rings. The van der Waals surface area contributed by atoms with Crippen LogP contribution in [0.5, 0.6) is 11.5 Å². The van der Waals surface area contributed by atoms with Crippen LogP contribution in [-0.2, 0) is 0 Å². The van der Waals surface area contributed by atoms with Crippen LogP contribution in [0.2, 0.25) is 0 Å². The molecule has 0 unspecified atom stereocenters. The van der Waals surface area contributed by atoms with Gasteiger partial charge in [0.15, 0.2) is 16.6 Å². The van der Waals surface area contributed by atoms with Gasteiger partial charge in [-0.15, -0.1) is 0 Å². The molecule has 0 aromatic heterocycles. The third kappa shape index (κ3) is 3.25. The minimum Gasteiger partial charge on any atom is -0.454 e. The molecule has 0 spiro atoms. The van der Waals surface area contributed by atoms with E-state index < -0.39 is 0 Å². The highest BCUT2D eigenvalue weighted by atomic mass is 32.1. The number of ether oxygens (including phenoxy) is 2. The van der Waals surface area contributed by atoms with Crippen molar-refractivity contribution in [2.45, 2.75) is 13.0 Å². The van der Waals surface area contributed by atoms with Crippen molar-refractivity contribution < 1.29 is 9.47 Å². The summed E-state index contributed by atoms with van der Waals surface area (Å²) in [6, 6.07) is 16.0. The molecule has 1 atom stereocenters. The molecule has 2 N–H and O–H groups in total. The molecule has 21 heavy (non-hydrogen) atoms. The number of fused-ring (bicyclic) bond motifs is 1. The lowest BCUT2D eigenvalue weighted by molar-refractivity contribution is 0.174. The highest BCUT2D eigenvalue weighted by Crippen LogP contribution is 2.34. The predicted molar refractivity (Wildman–Crippen MR) is 86.8 cm³/mol. The van der Waals surface area contributed by atoms with Gasteiger partial charge in [-0.2, -0.15) is 0 Å². The molecule has 0 saturated heterocycles. The van der Waals surface area contributed by atoms with Crippen LogP contribution in [0, 0.1) is 0 Å². The molecule has 0 amide bonds. The fourth-order valence-electron chi connectivity index (χ4n) is 2.16. The largest absolute Gasteiger partial charge is 0.454 e. The Morgan fingerprint density at radius 3 is 2.67 bits per heavy atom. The Labute approximate surface area is 129 Å². The monoisotopic (exact) mass is 300 g/mol. The van der Waals surface area contributed by atoms with Crippen LogP contribution in [-0.4, -0.2) is 11.9 Å². The van der Waals surface area contributed by atoms with Gasteiger partial charge in [0.25, 0.3) is 0 Å². The summed E-state index contributed by atoms with van der Waals surface area (Å²) in [5.74, 6) is 1.50. The van der Waals surface area contributed by atoms with Crippen molar-refractivity contribution in [2.75, 3.05) is 12.1 Å². The quantitative estimate of drug-likeness (QED) is 0.850. The highest BCUT2D eigenvalue weighted by Gasteiger charge is 2.14. The molecule has 2 aromatic carbocycles. The second-order valence-corrected chi connectivity index (χ2v) is 5.21. The SMILES string of the molecule is C[C@@H](NC(=S)Nc1ccc2c(c1)OCO2)c1ccccc1. The van der Waals surface area contributed by atoms with E-state index in [1.165, 1.54) is 5.56 Å². The van der Waals surface area contributed by atoms with Crippen molar-refractivity contribution in [3.63, 3.8) is 0 Å². The lowest BCUT2D eigenvalue weighted by Gasteiger charge is -2.17. The fraction of sp³-hybridized carbons (Fsp3) is 0.188. The van der Waals surface area contributed by atoms with Gasteiger partial charge in [-0.05, 0) is 36.8 Å². The van der Waals surface area contributed by atoms with Crippen LogP contribution in [0.25, 0.3) is 0 Å². The Balaban J connectivity index is 1.61. The lowest BCUT2D eigenvalue weighted by Crippen LogP contribution is -2.30. The van der Waals surface area contributed by atoms with Crippen molar-refractivity contribution >= 4 is 23.0 Å². The summed E-state index contributed by atoms with van der Waals surface area (Å²) >= 11 is 5.35. The van der Waals surface area contributed by atoms with Gasteiger partial charge in [-0.1, -0.05) is 30.3 Å². The third-order valence-electron chi connectivity index (χ3n) is 3.28. The molecular formula is C16H16N2O2S. The first-order chi connectivity index (χ1) is 10.2. The number of anilines is 1. The summed E-state index contributed by atoms with van der Waals surface area (Å²) in [4.78, 5) is 0. The van der Waals surface area contributed by atoms with Crippen LogP contribution in [0.4, 0.5) is 5.69 Å². The number of rotatable bonds is 3. The first kappa shape index (κ1) is 13.7. The molecule has 3 rings (SSSR count). The number of thiocarbonyl (C=S) groups is 1. The molecule has 5 heteroatoms. The Kier molecular flexibility index (Phi) is 3.92. The van der Waals surface area contributed by atoms with E-state index in [4.69, 9.17) is 21.7 Å². The van der Waals surface area contributed by atoms with E-state index in [2.05, 4.69) is 29.7 Å². The fourth-order valence-corrected chi connectivity index (χ4v) is 2.46. The summed E-state index contributed by atoms with van der Waals surface area (Å²) in [5.41, 5.74) is 2.06. The zero-order chi connectivity index (χ0) is 14.7. The van der Waals surface area contributed by atoms with Crippen LogP contribution in [0.15, 0.2) is 48.5 Å². The summed E-state index contributed by atoms with van der Waals surface area (Å²) < 4.78 is 10.6. The van der Waals surface area contributed by atoms with Crippen molar-refractivity contribution in [1.82, 2.24) is 5.32 Å². The van der Waals surface area contributed by atoms with E-state index in [1.807, 2.05) is 36.4 Å². The maximum Gasteiger partial charge on any atom is 0.231 e. The number of hydrogen-bond acceptors (Lipinski definition) is 3. The third-order valence-corrected chi connectivity index (χ3v) is 3.50. The molecule has 4 nitrogen and oxygen atoms in total. The topological polar surface area (TPSA) is 42.5 Å². The molecule has 0 bridgehead atoms. The average molecular weight is 300 g/mol. The maximum absolute atomic E-state index is 5.35. The van der Waals surface area contributed by atoms with Gasteiger partial charge in [-0.25, -0.2) is 0 Å². The Hall–Kier alpha value is -2.27. The molecule has 1 aliphatic heterocycles. The van der Waals surface area contributed by atoms with Gasteiger partial charge >= 0.3 is 0 Å². The average Bonchev–Trinajstić information content (AvgIpc) is 2.95. The molecule has 1 heterocycles. The van der Waals surface area contributed by atoms with E-state index in [9.17, 15) is 0 Å². The van der Waals surface area contributed by atoms with E-state index in [-0.39, 0.29) is 12.8 Å². The van der Waals surface area contributed by atoms with Crippen molar-refractivity contribution in [3.8, 4) is 11.5 Å². The molecule has 0 radical (unpaired) electrons. The molecule has 1 aliphatic rings. The first-order valence-electron chi connectivity index (χ1n) is 6.74. The van der Waals surface area contributed by atoms with E-state index in [1.54, 1.807) is 0 Å². The van der Waals surface area contributed by atoms with Gasteiger partial charge in [0, 0.05) is 11.8 Å². The Bertz CT molecular complexity index is 646. The lowest BCUT2D eigenvalue weighted by atomic mass is 10.1. The zero-order valence-corrected chi connectivity index (χ0v) is 12.4. The van der Waals surface area contributed by atoms with E-state index in [0.29, 0.717) is 5.11 Å². The molecule has 108 valence electrons. The van der Waals surface area contributed by atoms with Crippen LogP contribution in [0.1, 0.15) is 18.5 Å². The van der Waals surface area contributed by atoms with E-state index in [0.717, 1.165) is 17.2 Å². The predicted octanol–water partition coefficient (Wildman–Crippen LogP) is 3.46. The summed E-state index contributed by atoms with van der Waals surface area (Å²) in [6.07, 6.45) is 0. The van der Waals surface area contributed by atoms with Gasteiger partial charge < -0.3 is 20.1 Å². The standard InChI is InChI=1S/C16H16N2O2S/c1-11(12-5-3-2-4-6-12)17-16(21)18-13-7-8-14-15(9-13)20-10-19-14/h2-9,11H,10H2,1H3,(H2,17,18,21)/t11-/m1/s1. The second kappa shape index (κ2) is 6.01. The normalized spacial score (nSPS) is 13.6. The van der Waals surface area contributed by atoms with Crippen LogP contribution >= 0.6 is 12.2 Å². The molecule has 0 fully saturated rings. The van der Waals surface area contributed by atoms with Gasteiger partial charge in [0.05, 0.1) is 6.04 Å². The number of hydrogen-bond donors (Lipinski definition) is 2. The Morgan fingerprint density at radius 1 is 1.10 bits per heavy atom. The summed E-state index contributed by atoms with van der Waals surface area (Å²) in [5, 5.41) is 6.99. The van der Waals surface area contributed by atoms with Crippen molar-refractivity contribution in [2.24, 2.45) is 0 Å². The van der Waals surface area contributed by atoms with Gasteiger partial charge in [0.2, 0.25) is 6.79 Å². The zero-order valence-electron chi connectivity index (χ0n) is 11.6. The van der Waals surface area contributed by atoms with Crippen molar-refractivity contribution in [3.05, 3.63) is 54.1 Å². The molecule has 0 aliphatic carbocycles. The highest BCUT2D eigenvalue weighted by molar-refractivity contribution is 7.80. The van der Waals surface area contributed by atoms with Gasteiger partial charge in [-0.3, -0.25) is 0 Å². The smallest absolute Gasteiger partial charge is 0.231 e. The molecule has 0 saturated carbocycles. The maximum atomic E-state index is 5.35. The first-order valence-corrected chi connectivity index (χ1v) is 7.15. The number of benzene rings is 2. The minimum atomic E-state index is 0.139. The Morgan fingerprint density at radius 2 is 1.86 bits per heavy atom. The number of nitrogens with one attached hydrogen (secondary N) is 2. The van der Waals surface area contributed by atoms with Gasteiger partial charge in [0.1, 0.15) is 0 Å². The van der Waals surface area contributed by atoms with Crippen LogP contribution in [0.3, 0.4) is 0 Å². The summed E-state index contributed by atoms with van der Waals surface area (Å²) in [7, 11) is 0.